The highest BCUT2D eigenvalue weighted by atomic mass is 32.2. The maximum Gasteiger partial charge on any atom is 0.0274 e. The van der Waals surface area contributed by atoms with Gasteiger partial charge in [-0.25, -0.2) is 0 Å². The van der Waals surface area contributed by atoms with Crippen molar-refractivity contribution >= 4 is 16.7 Å². The number of thioether (sulfide) groups is 1. The second kappa shape index (κ2) is 6.46. The first kappa shape index (κ1) is 12.1. The van der Waals surface area contributed by atoms with E-state index >= 15 is 0 Å². The lowest BCUT2D eigenvalue weighted by atomic mass is 10.2. The van der Waals surface area contributed by atoms with Crippen molar-refractivity contribution in [3.05, 3.63) is 47.6 Å². The summed E-state index contributed by atoms with van der Waals surface area (Å²) in [4.78, 5) is 5.06. The lowest BCUT2D eigenvalue weighted by Gasteiger charge is -2.02. The number of pyridine rings is 1. The fraction of sp³-hybridized carbons (Fsp3) is 0.308. The van der Waals surface area contributed by atoms with Crippen LogP contribution in [0.2, 0.25) is 0 Å². The van der Waals surface area contributed by atoms with E-state index < -0.39 is 0 Å². The molecule has 1 nitrogen and oxygen atoms in total. The first-order valence-electron chi connectivity index (χ1n) is 5.15. The molecule has 15 heavy (non-hydrogen) atoms. The minimum atomic E-state index is 1.08. The Kier molecular flexibility index (Phi) is 5.19. The molecular weight excluding hydrogens is 202 g/mol. The molecule has 1 rings (SSSR count). The molecule has 1 heterocycles. The predicted molar refractivity (Wildman–Crippen MR) is 69.5 cm³/mol. The van der Waals surface area contributed by atoms with Gasteiger partial charge in [-0.15, -0.1) is 0 Å². The van der Waals surface area contributed by atoms with Gasteiger partial charge in [-0.3, -0.25) is 4.98 Å². The van der Waals surface area contributed by atoms with Gasteiger partial charge in [-0.2, -0.15) is 0 Å². The van der Waals surface area contributed by atoms with Crippen LogP contribution in [0.4, 0.5) is 0 Å². The van der Waals surface area contributed by atoms with E-state index in [0.29, 0.717) is 0 Å². The summed E-state index contributed by atoms with van der Waals surface area (Å²) in [5, 5.41) is 2.19. The highest BCUT2D eigenvalue weighted by Crippen LogP contribution is 2.27. The standard InChI is InChI=1S/C13H17NS/c1-4-5-11(2)10-15-12(3)13-6-8-14-9-7-13/h6-10H,3-5H2,1-2H3/b11-10-. The van der Waals surface area contributed by atoms with Crippen LogP contribution in [-0.2, 0) is 0 Å². The highest BCUT2D eigenvalue weighted by Gasteiger charge is 1.97. The summed E-state index contributed by atoms with van der Waals surface area (Å²) in [7, 11) is 0. The number of hydrogen-bond donors (Lipinski definition) is 0. The van der Waals surface area contributed by atoms with E-state index in [1.165, 1.54) is 12.0 Å². The quantitative estimate of drug-likeness (QED) is 0.723. The lowest BCUT2D eigenvalue weighted by molar-refractivity contribution is 0.908. The molecule has 1 aromatic heterocycles. The molecule has 1 aromatic rings. The first-order valence-corrected chi connectivity index (χ1v) is 6.03. The van der Waals surface area contributed by atoms with Crippen LogP contribution in [0.25, 0.3) is 4.91 Å². The van der Waals surface area contributed by atoms with Crippen LogP contribution in [0.5, 0.6) is 0 Å². The third-order valence-electron chi connectivity index (χ3n) is 2.05. The van der Waals surface area contributed by atoms with Crippen molar-refractivity contribution in [2.75, 3.05) is 0 Å². The molecule has 80 valence electrons. The van der Waals surface area contributed by atoms with Gasteiger partial charge in [-0.05, 0) is 36.4 Å². The van der Waals surface area contributed by atoms with Crippen molar-refractivity contribution in [2.45, 2.75) is 26.7 Å². The molecule has 0 atom stereocenters. The van der Waals surface area contributed by atoms with Crippen LogP contribution < -0.4 is 0 Å². The minimum absolute atomic E-state index is 1.08. The molecule has 0 aliphatic heterocycles. The smallest absolute Gasteiger partial charge is 0.0274 e. The van der Waals surface area contributed by atoms with Gasteiger partial charge in [0, 0.05) is 17.3 Å². The van der Waals surface area contributed by atoms with Gasteiger partial charge in [0.05, 0.1) is 0 Å². The zero-order valence-electron chi connectivity index (χ0n) is 9.36. The van der Waals surface area contributed by atoms with E-state index in [9.17, 15) is 0 Å². The molecule has 0 saturated carbocycles. The Morgan fingerprint density at radius 3 is 2.73 bits per heavy atom. The van der Waals surface area contributed by atoms with E-state index in [1.54, 1.807) is 24.2 Å². The summed E-state index contributed by atoms with van der Waals surface area (Å²) >= 11 is 1.69. The molecule has 0 N–H and O–H groups in total. The van der Waals surface area contributed by atoms with Gasteiger partial charge in [0.25, 0.3) is 0 Å². The van der Waals surface area contributed by atoms with Gasteiger partial charge in [-0.1, -0.05) is 37.3 Å². The SMILES string of the molecule is C=C(S/C=C(/C)CCC)c1ccncc1. The molecule has 0 aromatic carbocycles. The molecule has 0 bridgehead atoms. The third kappa shape index (κ3) is 4.34. The van der Waals surface area contributed by atoms with E-state index in [0.717, 1.165) is 16.9 Å². The molecular formula is C13H17NS. The third-order valence-corrected chi connectivity index (χ3v) is 3.09. The van der Waals surface area contributed by atoms with Crippen LogP contribution in [-0.4, -0.2) is 4.98 Å². The monoisotopic (exact) mass is 219 g/mol. The van der Waals surface area contributed by atoms with Crippen LogP contribution in [0.3, 0.4) is 0 Å². The summed E-state index contributed by atoms with van der Waals surface area (Å²) in [6, 6.07) is 3.97. The van der Waals surface area contributed by atoms with E-state index in [2.05, 4.69) is 30.8 Å². The fourth-order valence-electron chi connectivity index (χ4n) is 1.23. The molecule has 0 amide bonds. The molecule has 0 saturated heterocycles. The lowest BCUT2D eigenvalue weighted by Crippen LogP contribution is -1.78. The van der Waals surface area contributed by atoms with Crippen LogP contribution >= 0.6 is 11.8 Å². The topological polar surface area (TPSA) is 12.9 Å². The van der Waals surface area contributed by atoms with Crippen molar-refractivity contribution in [1.82, 2.24) is 4.98 Å². The number of nitrogens with zero attached hydrogens (tertiary/aromatic N) is 1. The number of allylic oxidation sites excluding steroid dienone is 1. The molecule has 2 heteroatoms. The Morgan fingerprint density at radius 1 is 1.47 bits per heavy atom. The summed E-state index contributed by atoms with van der Waals surface area (Å²) in [5.74, 6) is 0. The van der Waals surface area contributed by atoms with Crippen molar-refractivity contribution in [2.24, 2.45) is 0 Å². The second-order valence-corrected chi connectivity index (χ2v) is 4.46. The normalized spacial score (nSPS) is 11.5. The summed E-state index contributed by atoms with van der Waals surface area (Å²) in [6.45, 7) is 8.40. The summed E-state index contributed by atoms with van der Waals surface area (Å²) in [5.41, 5.74) is 2.56. The minimum Gasteiger partial charge on any atom is -0.265 e. The fourth-order valence-corrected chi connectivity index (χ4v) is 1.96. The van der Waals surface area contributed by atoms with Gasteiger partial charge in [0.1, 0.15) is 0 Å². The largest absolute Gasteiger partial charge is 0.265 e. The van der Waals surface area contributed by atoms with Gasteiger partial charge in [0.15, 0.2) is 0 Å². The molecule has 0 fully saturated rings. The van der Waals surface area contributed by atoms with E-state index in [4.69, 9.17) is 0 Å². The van der Waals surface area contributed by atoms with E-state index in [-0.39, 0.29) is 0 Å². The molecule has 0 unspecified atom stereocenters. The average Bonchev–Trinajstić information content (AvgIpc) is 2.27. The zero-order valence-corrected chi connectivity index (χ0v) is 10.2. The van der Waals surface area contributed by atoms with Crippen LogP contribution in [0.1, 0.15) is 32.3 Å². The van der Waals surface area contributed by atoms with Crippen LogP contribution in [0.15, 0.2) is 42.1 Å². The number of hydrogen-bond acceptors (Lipinski definition) is 2. The summed E-state index contributed by atoms with van der Waals surface area (Å²) in [6.07, 6.45) is 5.95. The first-order chi connectivity index (χ1) is 7.24. The summed E-state index contributed by atoms with van der Waals surface area (Å²) < 4.78 is 0. The maximum absolute atomic E-state index is 4.05. The van der Waals surface area contributed by atoms with Crippen molar-refractivity contribution in [3.63, 3.8) is 0 Å². The Hall–Kier alpha value is -1.02. The average molecular weight is 219 g/mol. The Labute approximate surface area is 96.3 Å². The van der Waals surface area contributed by atoms with Crippen molar-refractivity contribution in [1.29, 1.82) is 0 Å². The van der Waals surface area contributed by atoms with Gasteiger partial charge >= 0.3 is 0 Å². The number of aromatic nitrogens is 1. The van der Waals surface area contributed by atoms with Gasteiger partial charge < -0.3 is 0 Å². The number of rotatable bonds is 5. The Balaban J connectivity index is 2.54. The molecule has 0 aliphatic rings. The Morgan fingerprint density at radius 2 is 2.13 bits per heavy atom. The van der Waals surface area contributed by atoms with E-state index in [1.807, 2.05) is 12.1 Å². The zero-order chi connectivity index (χ0) is 11.1. The van der Waals surface area contributed by atoms with Crippen LogP contribution in [0, 0.1) is 0 Å². The van der Waals surface area contributed by atoms with Crippen molar-refractivity contribution in [3.8, 4) is 0 Å². The molecule has 0 aliphatic carbocycles. The highest BCUT2D eigenvalue weighted by molar-refractivity contribution is 8.10. The molecule has 0 spiro atoms. The second-order valence-electron chi connectivity index (χ2n) is 3.49. The van der Waals surface area contributed by atoms with Crippen molar-refractivity contribution < 1.29 is 0 Å². The Bertz CT molecular complexity index is 341. The van der Waals surface area contributed by atoms with Gasteiger partial charge in [0.2, 0.25) is 0 Å². The maximum atomic E-state index is 4.05. The molecule has 0 radical (unpaired) electrons. The predicted octanol–water partition coefficient (Wildman–Crippen LogP) is 4.49.